The normalized spacial score (nSPS) is 12.0. The third-order valence-electron chi connectivity index (χ3n) is 3.52. The van der Waals surface area contributed by atoms with E-state index in [0.29, 0.717) is 18.3 Å². The second kappa shape index (κ2) is 7.91. The van der Waals surface area contributed by atoms with Crippen molar-refractivity contribution in [2.45, 2.75) is 26.3 Å². The number of benzene rings is 1. The number of carboxylic acids is 1. The first-order valence-corrected chi connectivity index (χ1v) is 6.80. The smallest absolute Gasteiger partial charge is 0.304 e. The highest BCUT2D eigenvalue weighted by Gasteiger charge is 2.20. The average molecular weight is 326 g/mol. The first-order valence-electron chi connectivity index (χ1n) is 6.80. The van der Waals surface area contributed by atoms with Gasteiger partial charge in [0.1, 0.15) is 0 Å². The zero-order valence-corrected chi connectivity index (χ0v) is 13.6. The molecule has 0 bridgehead atoms. The van der Waals surface area contributed by atoms with Gasteiger partial charge >= 0.3 is 5.97 Å². The fourth-order valence-electron chi connectivity index (χ4n) is 1.99. The maximum atomic E-state index is 10.6. The van der Waals surface area contributed by atoms with E-state index in [1.165, 1.54) is 0 Å². The second-order valence-corrected chi connectivity index (χ2v) is 5.07. The highest BCUT2D eigenvalue weighted by molar-refractivity contribution is 5.85. The molecule has 1 aromatic heterocycles. The zero-order valence-electron chi connectivity index (χ0n) is 12.8. The number of aliphatic carboxylic acids is 1. The summed E-state index contributed by atoms with van der Waals surface area (Å²) in [6, 6.07) is 7.70. The van der Waals surface area contributed by atoms with Crippen molar-refractivity contribution in [1.29, 1.82) is 0 Å². The Labute approximate surface area is 135 Å². The van der Waals surface area contributed by atoms with Gasteiger partial charge in [-0.25, -0.2) is 0 Å². The van der Waals surface area contributed by atoms with Crippen LogP contribution in [0.3, 0.4) is 0 Å². The van der Waals surface area contributed by atoms with E-state index in [-0.39, 0.29) is 24.9 Å². The lowest BCUT2D eigenvalue weighted by atomic mass is 10.1. The molecule has 22 heavy (non-hydrogen) atoms. The van der Waals surface area contributed by atoms with Crippen molar-refractivity contribution < 1.29 is 14.4 Å². The fourth-order valence-corrected chi connectivity index (χ4v) is 1.99. The molecule has 7 heteroatoms. The summed E-state index contributed by atoms with van der Waals surface area (Å²) in [6.07, 6.45) is 0.0830. The lowest BCUT2D eigenvalue weighted by Gasteiger charge is -2.20. The summed E-state index contributed by atoms with van der Waals surface area (Å²) < 4.78 is 5.31. The minimum atomic E-state index is -0.819. The van der Waals surface area contributed by atoms with Gasteiger partial charge in [0.05, 0.1) is 12.5 Å². The molecule has 1 heterocycles. The molecule has 2 rings (SSSR count). The van der Waals surface area contributed by atoms with Crippen LogP contribution in [0.5, 0.6) is 0 Å². The molecule has 0 spiro atoms. The fraction of sp³-hybridized carbons (Fsp3) is 0.400. The third kappa shape index (κ3) is 4.29. The second-order valence-electron chi connectivity index (χ2n) is 5.07. The van der Waals surface area contributed by atoms with Gasteiger partial charge in [0.15, 0.2) is 0 Å². The molecule has 120 valence electrons. The van der Waals surface area contributed by atoms with Crippen LogP contribution in [0.4, 0.5) is 0 Å². The number of nitrogens with zero attached hydrogens (tertiary/aromatic N) is 3. The molecule has 0 amide bonds. The van der Waals surface area contributed by atoms with Gasteiger partial charge in [0, 0.05) is 12.1 Å². The van der Waals surface area contributed by atoms with Crippen LogP contribution >= 0.6 is 12.4 Å². The van der Waals surface area contributed by atoms with Crippen molar-refractivity contribution in [3.8, 4) is 11.4 Å². The molecule has 1 atom stereocenters. The summed E-state index contributed by atoms with van der Waals surface area (Å²) in [4.78, 5) is 16.9. The average Bonchev–Trinajstić information content (AvgIpc) is 2.94. The van der Waals surface area contributed by atoms with E-state index in [2.05, 4.69) is 10.1 Å². The highest BCUT2D eigenvalue weighted by atomic mass is 35.5. The minimum absolute atomic E-state index is 0. The minimum Gasteiger partial charge on any atom is -0.481 e. The molecular formula is C15H20ClN3O3. The number of aromatic nitrogens is 2. The molecule has 1 aromatic carbocycles. The number of hydrogen-bond acceptors (Lipinski definition) is 5. The maximum absolute atomic E-state index is 10.6. The summed E-state index contributed by atoms with van der Waals surface area (Å²) in [5, 5.41) is 12.7. The summed E-state index contributed by atoms with van der Waals surface area (Å²) in [5.41, 5.74) is 2.02. The van der Waals surface area contributed by atoms with Crippen LogP contribution < -0.4 is 0 Å². The summed E-state index contributed by atoms with van der Waals surface area (Å²) in [7, 11) is 1.84. The van der Waals surface area contributed by atoms with Gasteiger partial charge in [-0.2, -0.15) is 4.98 Å². The van der Waals surface area contributed by atoms with Crippen molar-refractivity contribution in [3.63, 3.8) is 0 Å². The molecular weight excluding hydrogens is 306 g/mol. The first kappa shape index (κ1) is 18.1. The number of carbonyl (C=O) groups is 1. The van der Waals surface area contributed by atoms with E-state index in [9.17, 15) is 4.79 Å². The molecule has 0 saturated carbocycles. The summed E-state index contributed by atoms with van der Waals surface area (Å²) >= 11 is 0. The van der Waals surface area contributed by atoms with Crippen LogP contribution in [0.15, 0.2) is 28.8 Å². The Morgan fingerprint density at radius 2 is 2.09 bits per heavy atom. The van der Waals surface area contributed by atoms with Crippen LogP contribution in [0.25, 0.3) is 11.4 Å². The number of aryl methyl sites for hydroxylation is 1. The summed E-state index contributed by atoms with van der Waals surface area (Å²) in [5.74, 6) is 0.225. The molecule has 6 nitrogen and oxygen atoms in total. The first-order chi connectivity index (χ1) is 9.99. The molecule has 0 aliphatic rings. The monoisotopic (exact) mass is 325 g/mol. The highest BCUT2D eigenvalue weighted by Crippen LogP contribution is 2.23. The molecule has 0 aliphatic carbocycles. The Morgan fingerprint density at radius 3 is 2.73 bits per heavy atom. The lowest BCUT2D eigenvalue weighted by Crippen LogP contribution is -2.25. The molecule has 1 N–H and O–H groups in total. The Hall–Kier alpha value is -1.92. The Balaban J connectivity index is 0.00000242. The predicted octanol–water partition coefficient (Wildman–Crippen LogP) is 2.93. The topological polar surface area (TPSA) is 79.5 Å². The number of rotatable bonds is 6. The molecule has 0 radical (unpaired) electrons. The van der Waals surface area contributed by atoms with Crippen LogP contribution in [0.1, 0.15) is 30.8 Å². The van der Waals surface area contributed by atoms with Crippen LogP contribution in [-0.4, -0.2) is 39.7 Å². The van der Waals surface area contributed by atoms with Gasteiger partial charge in [-0.15, -0.1) is 12.4 Å². The van der Waals surface area contributed by atoms with Gasteiger partial charge in [-0.3, -0.25) is 9.69 Å². The van der Waals surface area contributed by atoms with Gasteiger partial charge in [0.25, 0.3) is 0 Å². The Kier molecular flexibility index (Phi) is 6.52. The van der Waals surface area contributed by atoms with Crippen LogP contribution in [-0.2, 0) is 4.79 Å². The number of hydrogen-bond donors (Lipinski definition) is 1. The van der Waals surface area contributed by atoms with E-state index in [1.54, 1.807) is 0 Å². The molecule has 0 saturated heterocycles. The zero-order chi connectivity index (χ0) is 15.4. The molecule has 2 aromatic rings. The van der Waals surface area contributed by atoms with Crippen molar-refractivity contribution in [3.05, 3.63) is 35.7 Å². The van der Waals surface area contributed by atoms with Gasteiger partial charge in [-0.1, -0.05) is 29.4 Å². The Morgan fingerprint density at radius 1 is 1.41 bits per heavy atom. The van der Waals surface area contributed by atoms with E-state index in [1.807, 2.05) is 50.1 Å². The van der Waals surface area contributed by atoms with Crippen LogP contribution in [0, 0.1) is 6.92 Å². The van der Waals surface area contributed by atoms with Gasteiger partial charge < -0.3 is 9.63 Å². The van der Waals surface area contributed by atoms with E-state index < -0.39 is 5.97 Å². The van der Waals surface area contributed by atoms with E-state index >= 15 is 0 Å². The van der Waals surface area contributed by atoms with Gasteiger partial charge in [-0.05, 0) is 26.5 Å². The molecule has 0 fully saturated rings. The lowest BCUT2D eigenvalue weighted by molar-refractivity contribution is -0.137. The van der Waals surface area contributed by atoms with E-state index in [4.69, 9.17) is 9.63 Å². The quantitative estimate of drug-likeness (QED) is 0.879. The SMILES string of the molecule is Cc1ccccc1-c1noc(C(C)N(C)CCC(=O)O)n1.Cl. The molecule has 0 aliphatic heterocycles. The number of halogens is 1. The van der Waals surface area contributed by atoms with E-state index in [0.717, 1.165) is 11.1 Å². The molecule has 1 unspecified atom stereocenters. The maximum Gasteiger partial charge on any atom is 0.304 e. The van der Waals surface area contributed by atoms with Crippen LogP contribution in [0.2, 0.25) is 0 Å². The largest absolute Gasteiger partial charge is 0.481 e. The van der Waals surface area contributed by atoms with Crippen molar-refractivity contribution in [1.82, 2.24) is 15.0 Å². The van der Waals surface area contributed by atoms with Crippen molar-refractivity contribution in [2.75, 3.05) is 13.6 Å². The summed E-state index contributed by atoms with van der Waals surface area (Å²) in [6.45, 7) is 4.34. The third-order valence-corrected chi connectivity index (χ3v) is 3.52. The van der Waals surface area contributed by atoms with Crippen molar-refractivity contribution >= 4 is 18.4 Å². The van der Waals surface area contributed by atoms with Gasteiger partial charge in [0.2, 0.25) is 11.7 Å². The van der Waals surface area contributed by atoms with Crippen molar-refractivity contribution in [2.24, 2.45) is 0 Å². The number of carboxylic acid groups (broad SMARTS) is 1. The standard InChI is InChI=1S/C15H19N3O3.ClH/c1-10-6-4-5-7-12(10)14-16-15(21-17-14)11(2)18(3)9-8-13(19)20;/h4-7,11H,8-9H2,1-3H3,(H,19,20);1H. The predicted molar refractivity (Wildman–Crippen MR) is 85.0 cm³/mol. The Bertz CT molecular complexity index is 630.